The van der Waals surface area contributed by atoms with Crippen LogP contribution in [-0.2, 0) is 24.3 Å². The molecule has 1 amide bonds. The zero-order valence-corrected chi connectivity index (χ0v) is 18.8. The molecule has 0 aromatic heterocycles. The van der Waals surface area contributed by atoms with E-state index >= 15 is 0 Å². The summed E-state index contributed by atoms with van der Waals surface area (Å²) in [7, 11) is -3.62. The number of sulfonamides is 1. The number of hydrogen-bond acceptors (Lipinski definition) is 8. The van der Waals surface area contributed by atoms with Gasteiger partial charge in [0.15, 0.2) is 17.6 Å². The Morgan fingerprint density at radius 1 is 0.970 bits per heavy atom. The number of esters is 1. The third-order valence-electron chi connectivity index (χ3n) is 5.16. The van der Waals surface area contributed by atoms with Gasteiger partial charge in [0.2, 0.25) is 10.0 Å². The molecule has 1 fully saturated rings. The van der Waals surface area contributed by atoms with Crippen LogP contribution in [-0.4, -0.2) is 70.2 Å². The van der Waals surface area contributed by atoms with E-state index in [1.807, 2.05) is 0 Å². The quantitative estimate of drug-likeness (QED) is 0.625. The van der Waals surface area contributed by atoms with Crippen LogP contribution in [0.4, 0.5) is 5.69 Å². The minimum atomic E-state index is -3.62. The van der Waals surface area contributed by atoms with Gasteiger partial charge < -0.3 is 24.3 Å². The fraction of sp³-hybridized carbons (Fsp3) is 0.364. The first-order valence-corrected chi connectivity index (χ1v) is 11.9. The molecule has 1 saturated heterocycles. The van der Waals surface area contributed by atoms with Gasteiger partial charge in [0.25, 0.3) is 5.91 Å². The van der Waals surface area contributed by atoms with Crippen LogP contribution < -0.4 is 14.8 Å². The summed E-state index contributed by atoms with van der Waals surface area (Å²) in [5.74, 6) is -0.242. The van der Waals surface area contributed by atoms with Crippen LogP contribution in [0.25, 0.3) is 0 Å². The second kappa shape index (κ2) is 9.77. The fourth-order valence-electron chi connectivity index (χ4n) is 3.34. The van der Waals surface area contributed by atoms with Gasteiger partial charge >= 0.3 is 5.97 Å². The molecule has 1 N–H and O–H groups in total. The average Bonchev–Trinajstić information content (AvgIpc) is 2.84. The van der Waals surface area contributed by atoms with Crippen molar-refractivity contribution >= 4 is 27.6 Å². The zero-order valence-electron chi connectivity index (χ0n) is 18.0. The molecule has 0 unspecified atom stereocenters. The van der Waals surface area contributed by atoms with Crippen LogP contribution in [0.1, 0.15) is 17.3 Å². The molecule has 11 heteroatoms. The fourth-order valence-corrected chi connectivity index (χ4v) is 4.75. The van der Waals surface area contributed by atoms with E-state index in [-0.39, 0.29) is 10.5 Å². The van der Waals surface area contributed by atoms with Crippen LogP contribution in [0.5, 0.6) is 11.5 Å². The largest absolute Gasteiger partial charge is 0.486 e. The SMILES string of the molecule is C[C@H](OC(=O)c1ccc2c(c1)OCCO2)C(=O)Nc1ccc(S(=O)(=O)N2CCOCC2)cc1. The van der Waals surface area contributed by atoms with Crippen molar-refractivity contribution in [2.45, 2.75) is 17.9 Å². The van der Waals surface area contributed by atoms with Crippen molar-refractivity contribution in [2.75, 3.05) is 44.8 Å². The number of rotatable bonds is 6. The monoisotopic (exact) mass is 476 g/mol. The maximum atomic E-state index is 12.7. The number of nitrogens with one attached hydrogen (secondary N) is 1. The summed E-state index contributed by atoms with van der Waals surface area (Å²) in [4.78, 5) is 25.0. The van der Waals surface area contributed by atoms with Crippen molar-refractivity contribution in [3.05, 3.63) is 48.0 Å². The summed E-state index contributed by atoms with van der Waals surface area (Å²) < 4.78 is 48.1. The van der Waals surface area contributed by atoms with Gasteiger partial charge in [0, 0.05) is 18.8 Å². The maximum absolute atomic E-state index is 12.7. The first-order chi connectivity index (χ1) is 15.8. The minimum Gasteiger partial charge on any atom is -0.486 e. The Labute approximate surface area is 191 Å². The van der Waals surface area contributed by atoms with Crippen LogP contribution in [0.3, 0.4) is 0 Å². The van der Waals surface area contributed by atoms with Gasteiger partial charge in [-0.25, -0.2) is 13.2 Å². The van der Waals surface area contributed by atoms with E-state index in [4.69, 9.17) is 18.9 Å². The van der Waals surface area contributed by atoms with Crippen molar-refractivity contribution in [1.29, 1.82) is 0 Å². The molecule has 1 atom stereocenters. The van der Waals surface area contributed by atoms with E-state index in [2.05, 4.69) is 5.32 Å². The highest BCUT2D eigenvalue weighted by Crippen LogP contribution is 2.31. The molecular formula is C22H24N2O8S. The number of hydrogen-bond donors (Lipinski definition) is 1. The van der Waals surface area contributed by atoms with E-state index in [0.29, 0.717) is 56.7 Å². The molecule has 0 aliphatic carbocycles. The summed E-state index contributed by atoms with van der Waals surface area (Å²) in [6.07, 6.45) is -1.08. The molecule has 10 nitrogen and oxygen atoms in total. The Bertz CT molecular complexity index is 1130. The van der Waals surface area contributed by atoms with Crippen LogP contribution in [0.15, 0.2) is 47.4 Å². The second-order valence-corrected chi connectivity index (χ2v) is 9.37. The van der Waals surface area contributed by atoms with E-state index < -0.39 is 28.0 Å². The van der Waals surface area contributed by atoms with Gasteiger partial charge in [-0.1, -0.05) is 0 Å². The molecule has 2 aromatic carbocycles. The third kappa shape index (κ3) is 5.27. The number of carbonyl (C=O) groups excluding carboxylic acids is 2. The van der Waals surface area contributed by atoms with Crippen molar-refractivity contribution in [3.63, 3.8) is 0 Å². The van der Waals surface area contributed by atoms with Gasteiger partial charge in [-0.15, -0.1) is 0 Å². The molecule has 176 valence electrons. The molecule has 0 bridgehead atoms. The van der Waals surface area contributed by atoms with Crippen LogP contribution in [0, 0.1) is 0 Å². The highest BCUT2D eigenvalue weighted by molar-refractivity contribution is 7.89. The summed E-state index contributed by atoms with van der Waals surface area (Å²) >= 11 is 0. The maximum Gasteiger partial charge on any atom is 0.339 e. The van der Waals surface area contributed by atoms with E-state index in [0.717, 1.165) is 0 Å². The molecule has 2 aliphatic rings. The second-order valence-electron chi connectivity index (χ2n) is 7.44. The number of nitrogens with zero attached hydrogens (tertiary/aromatic N) is 1. The summed E-state index contributed by atoms with van der Waals surface area (Å²) in [5.41, 5.74) is 0.611. The van der Waals surface area contributed by atoms with Gasteiger partial charge in [-0.05, 0) is 49.4 Å². The lowest BCUT2D eigenvalue weighted by Gasteiger charge is -2.26. The lowest BCUT2D eigenvalue weighted by Crippen LogP contribution is -2.40. The highest BCUT2D eigenvalue weighted by Gasteiger charge is 2.26. The predicted octanol–water partition coefficient (Wildman–Crippen LogP) is 1.66. The van der Waals surface area contributed by atoms with E-state index in [9.17, 15) is 18.0 Å². The highest BCUT2D eigenvalue weighted by atomic mass is 32.2. The first kappa shape index (κ1) is 23.0. The molecule has 2 heterocycles. The van der Waals surface area contributed by atoms with E-state index in [1.54, 1.807) is 6.07 Å². The lowest BCUT2D eigenvalue weighted by atomic mass is 10.2. The first-order valence-electron chi connectivity index (χ1n) is 10.4. The van der Waals surface area contributed by atoms with Crippen molar-refractivity contribution in [3.8, 4) is 11.5 Å². The molecule has 0 spiro atoms. The predicted molar refractivity (Wildman–Crippen MR) is 117 cm³/mol. The topological polar surface area (TPSA) is 120 Å². The molecule has 2 aliphatic heterocycles. The number of ether oxygens (including phenoxy) is 4. The number of morpholine rings is 1. The molecule has 33 heavy (non-hydrogen) atoms. The number of benzene rings is 2. The van der Waals surface area contributed by atoms with Crippen molar-refractivity contribution in [1.82, 2.24) is 4.31 Å². The Morgan fingerprint density at radius 3 is 2.33 bits per heavy atom. The minimum absolute atomic E-state index is 0.125. The van der Waals surface area contributed by atoms with Crippen LogP contribution >= 0.6 is 0 Å². The Balaban J connectivity index is 1.35. The normalized spacial score (nSPS) is 17.1. The summed E-state index contributed by atoms with van der Waals surface area (Å²) in [6.45, 7) is 3.58. The average molecular weight is 477 g/mol. The number of anilines is 1. The molecule has 2 aromatic rings. The molecular weight excluding hydrogens is 452 g/mol. The van der Waals surface area contributed by atoms with Crippen molar-refractivity contribution in [2.24, 2.45) is 0 Å². The standard InChI is InChI=1S/C22H24N2O8S/c1-15(32-22(26)16-2-7-19-20(14-16)31-13-12-30-19)21(25)23-17-3-5-18(6-4-17)33(27,28)24-8-10-29-11-9-24/h2-7,14-15H,8-13H2,1H3,(H,23,25)/t15-/m0/s1. The Kier molecular flexibility index (Phi) is 6.82. The number of fused-ring (bicyclic) bond motifs is 1. The number of amides is 1. The van der Waals surface area contributed by atoms with E-state index in [1.165, 1.54) is 47.6 Å². The molecule has 0 radical (unpaired) electrons. The molecule has 0 saturated carbocycles. The van der Waals surface area contributed by atoms with Gasteiger partial charge in [0.05, 0.1) is 23.7 Å². The summed E-state index contributed by atoms with van der Waals surface area (Å²) in [6, 6.07) is 10.5. The zero-order chi connectivity index (χ0) is 23.4. The van der Waals surface area contributed by atoms with Gasteiger partial charge in [0.1, 0.15) is 13.2 Å². The smallest absolute Gasteiger partial charge is 0.339 e. The lowest BCUT2D eigenvalue weighted by molar-refractivity contribution is -0.123. The van der Waals surface area contributed by atoms with Crippen molar-refractivity contribution < 1.29 is 37.0 Å². The third-order valence-corrected chi connectivity index (χ3v) is 7.07. The Morgan fingerprint density at radius 2 is 1.64 bits per heavy atom. The van der Waals surface area contributed by atoms with Crippen LogP contribution in [0.2, 0.25) is 0 Å². The Hall–Kier alpha value is -3.15. The summed E-state index contributed by atoms with van der Waals surface area (Å²) in [5, 5.41) is 2.62. The number of carbonyl (C=O) groups is 2. The van der Waals surface area contributed by atoms with Gasteiger partial charge in [-0.3, -0.25) is 4.79 Å². The van der Waals surface area contributed by atoms with Gasteiger partial charge in [-0.2, -0.15) is 4.31 Å². The molecule has 4 rings (SSSR count).